The molecule has 0 atom stereocenters. The molecule has 2 aromatic carbocycles. The van der Waals surface area contributed by atoms with E-state index in [2.05, 4.69) is 4.98 Å². The Kier molecular flexibility index (Phi) is 6.32. The van der Waals surface area contributed by atoms with Gasteiger partial charge in [-0.05, 0) is 17.7 Å². The van der Waals surface area contributed by atoms with Gasteiger partial charge in [-0.25, -0.2) is 4.98 Å². The monoisotopic (exact) mass is 381 g/mol. The van der Waals surface area contributed by atoms with E-state index in [4.69, 9.17) is 15.7 Å². The van der Waals surface area contributed by atoms with Gasteiger partial charge < -0.3 is 5.73 Å². The zero-order valence-corrected chi connectivity index (χ0v) is 14.9. The molecule has 9 heteroatoms. The van der Waals surface area contributed by atoms with Crippen LogP contribution in [-0.4, -0.2) is 23.1 Å². The highest BCUT2D eigenvalue weighted by Crippen LogP contribution is 2.24. The number of rotatable bonds is 3. The van der Waals surface area contributed by atoms with Gasteiger partial charge in [0.25, 0.3) is 0 Å². The minimum absolute atomic E-state index is 0.175. The van der Waals surface area contributed by atoms with Gasteiger partial charge in [0.05, 0.1) is 10.2 Å². The van der Waals surface area contributed by atoms with E-state index in [1.54, 1.807) is 24.3 Å². The van der Waals surface area contributed by atoms with E-state index in [9.17, 15) is 8.42 Å². The Hall–Kier alpha value is -1.94. The van der Waals surface area contributed by atoms with Crippen LogP contribution in [0.5, 0.6) is 0 Å². The summed E-state index contributed by atoms with van der Waals surface area (Å²) in [5, 5.41) is 7.16. The van der Waals surface area contributed by atoms with Gasteiger partial charge in [-0.3, -0.25) is 9.96 Å². The van der Waals surface area contributed by atoms with Gasteiger partial charge in [0.15, 0.2) is 5.17 Å². The Balaban J connectivity index is 0.000000177. The largest absolute Gasteiger partial charge is 0.379 e. The molecule has 4 N–H and O–H groups in total. The fourth-order valence-corrected chi connectivity index (χ4v) is 3.81. The lowest BCUT2D eigenvalue weighted by molar-refractivity contribution is 0.482. The molecule has 0 aliphatic carbocycles. The predicted molar refractivity (Wildman–Crippen MR) is 99.1 cm³/mol. The first-order chi connectivity index (χ1) is 11.4. The highest BCUT2D eigenvalue weighted by atomic mass is 32.3. The first-order valence-corrected chi connectivity index (χ1v) is 9.94. The smallest absolute Gasteiger partial charge is 0.322 e. The number of hydrogen-bond acceptors (Lipinski definition) is 6. The van der Waals surface area contributed by atoms with Crippen molar-refractivity contribution in [2.75, 3.05) is 0 Å². The van der Waals surface area contributed by atoms with Gasteiger partial charge in [-0.1, -0.05) is 54.2 Å². The van der Waals surface area contributed by atoms with Gasteiger partial charge in [0.2, 0.25) is 4.34 Å². The number of amidine groups is 1. The molecule has 0 saturated heterocycles. The molecule has 0 amide bonds. The minimum atomic E-state index is -4.16. The summed E-state index contributed by atoms with van der Waals surface area (Å²) in [5.41, 5.74) is 6.97. The lowest BCUT2D eigenvalue weighted by Gasteiger charge is -1.97. The Morgan fingerprint density at radius 1 is 1.17 bits per heavy atom. The first-order valence-electron chi connectivity index (χ1n) is 6.70. The van der Waals surface area contributed by atoms with E-state index >= 15 is 0 Å². The van der Waals surface area contributed by atoms with Gasteiger partial charge in [-0.15, -0.1) is 11.3 Å². The topological polar surface area (TPSA) is 117 Å². The second-order valence-corrected chi connectivity index (χ2v) is 8.20. The molecule has 0 radical (unpaired) electrons. The fourth-order valence-electron chi connectivity index (χ4n) is 1.70. The van der Waals surface area contributed by atoms with Crippen LogP contribution < -0.4 is 5.73 Å². The third kappa shape index (κ3) is 5.60. The highest BCUT2D eigenvalue weighted by molar-refractivity contribution is 8.13. The quantitative estimate of drug-likeness (QED) is 0.364. The maximum atomic E-state index is 10.7. The second-order valence-electron chi connectivity index (χ2n) is 4.56. The van der Waals surface area contributed by atoms with Crippen molar-refractivity contribution < 1.29 is 13.0 Å². The van der Waals surface area contributed by atoms with Crippen LogP contribution in [0.3, 0.4) is 0 Å². The van der Waals surface area contributed by atoms with E-state index in [1.807, 2.05) is 30.3 Å². The molecule has 0 fully saturated rings. The number of nitrogens with one attached hydrogen (secondary N) is 1. The SMILES string of the molecule is N=C(N)SCc1ccccc1.O=S(=O)(O)c1nc2ccccc2s1. The number of thiazole rings is 1. The first kappa shape index (κ1) is 18.4. The summed E-state index contributed by atoms with van der Waals surface area (Å²) in [6.45, 7) is 0. The number of nitrogens with zero attached hydrogens (tertiary/aromatic N) is 1. The molecule has 3 rings (SSSR count). The van der Waals surface area contributed by atoms with Gasteiger partial charge in [0, 0.05) is 5.75 Å². The summed E-state index contributed by atoms with van der Waals surface area (Å²) >= 11 is 2.30. The van der Waals surface area contributed by atoms with Gasteiger partial charge in [0.1, 0.15) is 0 Å². The van der Waals surface area contributed by atoms with Crippen molar-refractivity contribution in [3.8, 4) is 0 Å². The molecule has 0 saturated carbocycles. The van der Waals surface area contributed by atoms with E-state index in [0.29, 0.717) is 5.52 Å². The van der Waals surface area contributed by atoms with Crippen LogP contribution in [0.25, 0.3) is 10.2 Å². The maximum Gasteiger partial charge on any atom is 0.322 e. The van der Waals surface area contributed by atoms with Gasteiger partial charge in [-0.2, -0.15) is 8.42 Å². The fraction of sp³-hybridized carbons (Fsp3) is 0.0667. The molecule has 0 aliphatic rings. The summed E-state index contributed by atoms with van der Waals surface area (Å²) in [4.78, 5) is 3.76. The molecule has 24 heavy (non-hydrogen) atoms. The van der Waals surface area contributed by atoms with E-state index < -0.39 is 10.1 Å². The van der Waals surface area contributed by atoms with Crippen molar-refractivity contribution in [3.05, 3.63) is 60.2 Å². The highest BCUT2D eigenvalue weighted by Gasteiger charge is 2.15. The lowest BCUT2D eigenvalue weighted by atomic mass is 10.2. The molecule has 0 bridgehead atoms. The standard InChI is InChI=1S/C8H10N2S.C7H5NO3S2/c9-8(10)11-6-7-4-2-1-3-5-7;9-13(10,11)7-8-5-3-1-2-4-6(5)12-7/h1-5H,6H2,(H3,9,10);1-4H,(H,9,10,11). The van der Waals surface area contributed by atoms with Crippen molar-refractivity contribution in [2.24, 2.45) is 5.73 Å². The molecular formula is C15H15N3O3S3. The zero-order chi connectivity index (χ0) is 17.6. The van der Waals surface area contributed by atoms with E-state index in [-0.39, 0.29) is 9.51 Å². The minimum Gasteiger partial charge on any atom is -0.379 e. The average Bonchev–Trinajstić information content (AvgIpc) is 2.99. The molecule has 1 heterocycles. The number of benzene rings is 2. The van der Waals surface area contributed by atoms with E-state index in [1.165, 1.54) is 17.3 Å². The van der Waals surface area contributed by atoms with Gasteiger partial charge >= 0.3 is 10.1 Å². The Morgan fingerprint density at radius 3 is 2.38 bits per heavy atom. The number of nitrogens with two attached hydrogens (primary N) is 1. The Labute approximate surface area is 148 Å². The van der Waals surface area contributed by atoms with Crippen LogP contribution in [-0.2, 0) is 15.9 Å². The third-order valence-electron chi connectivity index (χ3n) is 2.73. The lowest BCUT2D eigenvalue weighted by Crippen LogP contribution is -2.03. The van der Waals surface area contributed by atoms with Crippen LogP contribution in [0, 0.1) is 5.41 Å². The summed E-state index contributed by atoms with van der Waals surface area (Å²) in [6.07, 6.45) is 0. The maximum absolute atomic E-state index is 10.7. The molecule has 0 unspecified atom stereocenters. The Bertz CT molecular complexity index is 892. The molecule has 0 aliphatic heterocycles. The van der Waals surface area contributed by atoms with Crippen LogP contribution in [0.2, 0.25) is 0 Å². The van der Waals surface area contributed by atoms with Crippen molar-refractivity contribution in [1.29, 1.82) is 5.41 Å². The molecule has 0 spiro atoms. The molecule has 6 nitrogen and oxygen atoms in total. The summed E-state index contributed by atoms with van der Waals surface area (Å²) in [5.74, 6) is 0.788. The summed E-state index contributed by atoms with van der Waals surface area (Å²) in [7, 11) is -4.16. The van der Waals surface area contributed by atoms with Crippen molar-refractivity contribution in [1.82, 2.24) is 4.98 Å². The summed E-state index contributed by atoms with van der Waals surface area (Å²) in [6, 6.07) is 17.0. The second kappa shape index (κ2) is 8.25. The summed E-state index contributed by atoms with van der Waals surface area (Å²) < 4.78 is 30.6. The van der Waals surface area contributed by atoms with Crippen LogP contribution in [0.1, 0.15) is 5.56 Å². The molecule has 1 aromatic heterocycles. The third-order valence-corrected chi connectivity index (χ3v) is 5.77. The predicted octanol–water partition coefficient (Wildman–Crippen LogP) is 3.36. The number of thioether (sulfide) groups is 1. The Morgan fingerprint density at radius 2 is 1.79 bits per heavy atom. The number of hydrogen-bond donors (Lipinski definition) is 3. The number of aromatic nitrogens is 1. The zero-order valence-electron chi connectivity index (χ0n) is 12.4. The molecule has 3 aromatic rings. The van der Waals surface area contributed by atoms with Crippen LogP contribution in [0.4, 0.5) is 0 Å². The van der Waals surface area contributed by atoms with Crippen LogP contribution >= 0.6 is 23.1 Å². The van der Waals surface area contributed by atoms with E-state index in [0.717, 1.165) is 21.8 Å². The molecular weight excluding hydrogens is 366 g/mol. The normalized spacial score (nSPS) is 10.9. The van der Waals surface area contributed by atoms with Crippen LogP contribution in [0.15, 0.2) is 58.9 Å². The number of para-hydroxylation sites is 1. The van der Waals surface area contributed by atoms with Crippen molar-refractivity contribution in [2.45, 2.75) is 10.1 Å². The van der Waals surface area contributed by atoms with Crippen molar-refractivity contribution in [3.63, 3.8) is 0 Å². The average molecular weight is 382 g/mol. The van der Waals surface area contributed by atoms with Crippen molar-refractivity contribution >= 4 is 48.6 Å². The molecule has 126 valence electrons. The number of fused-ring (bicyclic) bond motifs is 1.